The summed E-state index contributed by atoms with van der Waals surface area (Å²) in [5, 5.41) is 0. The Morgan fingerprint density at radius 3 is 2.19 bits per heavy atom. The van der Waals surface area contributed by atoms with Gasteiger partial charge in [0.15, 0.2) is 6.10 Å². The van der Waals surface area contributed by atoms with Crippen LogP contribution in [0.2, 0.25) is 0 Å². The summed E-state index contributed by atoms with van der Waals surface area (Å²) in [4.78, 5) is 12.6. The van der Waals surface area contributed by atoms with Gasteiger partial charge in [0.2, 0.25) is 0 Å². The number of rotatable bonds is 18. The molecule has 1 atom stereocenters. The van der Waals surface area contributed by atoms with E-state index in [0.717, 1.165) is 42.0 Å². The lowest BCUT2D eigenvalue weighted by atomic mass is 10.1. The predicted octanol–water partition coefficient (Wildman–Crippen LogP) is 9.00. The van der Waals surface area contributed by atoms with Crippen molar-refractivity contribution in [1.29, 1.82) is 0 Å². The van der Waals surface area contributed by atoms with E-state index in [1.807, 2.05) is 61.5 Å². The smallest absolute Gasteiger partial charge is 0.347 e. The molecule has 0 saturated heterocycles. The summed E-state index contributed by atoms with van der Waals surface area (Å²) in [5.41, 5.74) is 5.88. The molecule has 0 aliphatic heterocycles. The fraction of sp³-hybridized carbons (Fsp3) is 0.395. The second-order valence-corrected chi connectivity index (χ2v) is 11.1. The molecule has 0 radical (unpaired) electrons. The molecule has 4 rings (SSSR count). The zero-order valence-corrected chi connectivity index (χ0v) is 26.1. The van der Waals surface area contributed by atoms with Gasteiger partial charge in [0.25, 0.3) is 0 Å². The van der Waals surface area contributed by atoms with Crippen molar-refractivity contribution in [3.63, 3.8) is 0 Å². The molecule has 1 aromatic heterocycles. The fourth-order valence-corrected chi connectivity index (χ4v) is 5.32. The number of benzene rings is 3. The van der Waals surface area contributed by atoms with Gasteiger partial charge in [-0.1, -0.05) is 75.1 Å². The van der Waals surface area contributed by atoms with Gasteiger partial charge >= 0.3 is 5.97 Å². The van der Waals surface area contributed by atoms with Crippen molar-refractivity contribution in [3.05, 3.63) is 108 Å². The second-order valence-electron chi connectivity index (χ2n) is 11.1. The lowest BCUT2D eigenvalue weighted by Gasteiger charge is -2.18. The van der Waals surface area contributed by atoms with E-state index in [9.17, 15) is 4.79 Å². The normalized spacial score (nSPS) is 11.7. The van der Waals surface area contributed by atoms with E-state index in [1.165, 1.54) is 43.4 Å². The van der Waals surface area contributed by atoms with Crippen LogP contribution in [0.5, 0.6) is 11.5 Å². The van der Waals surface area contributed by atoms with Gasteiger partial charge in [0.05, 0.1) is 13.2 Å². The molecule has 0 saturated carbocycles. The van der Waals surface area contributed by atoms with Crippen molar-refractivity contribution in [2.45, 2.75) is 84.8 Å². The number of esters is 1. The summed E-state index contributed by atoms with van der Waals surface area (Å²) in [7, 11) is 0. The van der Waals surface area contributed by atoms with Crippen LogP contribution in [-0.2, 0) is 28.9 Å². The molecule has 5 nitrogen and oxygen atoms in total. The first-order valence-electron chi connectivity index (χ1n) is 15.9. The maximum Gasteiger partial charge on any atom is 0.347 e. The van der Waals surface area contributed by atoms with Gasteiger partial charge in [-0.15, -0.1) is 0 Å². The first kappa shape index (κ1) is 31.9. The van der Waals surface area contributed by atoms with Crippen molar-refractivity contribution < 1.29 is 19.0 Å². The molecule has 0 bridgehead atoms. The van der Waals surface area contributed by atoms with E-state index in [1.54, 1.807) is 0 Å². The van der Waals surface area contributed by atoms with E-state index in [0.29, 0.717) is 25.4 Å². The molecular weight excluding hydrogens is 534 g/mol. The standard InChI is InChI=1S/C38H47NO4/c1-4-6-7-8-10-14-31-18-22-34(23-19-31)42-28-13-27-39-30(3)17-26-36(39)33-20-24-35(25-21-33)43-37(38(40)41-5-2)29-32-15-11-9-12-16-32/h9,11-12,15-26,37H,4-8,10,13-14,27-29H2,1-3H3/t37-/m1/s1. The quantitative estimate of drug-likeness (QED) is 0.0869. The number of aryl methyl sites for hydroxylation is 2. The summed E-state index contributed by atoms with van der Waals surface area (Å²) < 4.78 is 19.8. The topological polar surface area (TPSA) is 49.7 Å². The molecule has 3 aromatic carbocycles. The maximum absolute atomic E-state index is 12.6. The summed E-state index contributed by atoms with van der Waals surface area (Å²) in [5.74, 6) is 1.22. The minimum Gasteiger partial charge on any atom is -0.494 e. The third kappa shape index (κ3) is 10.1. The van der Waals surface area contributed by atoms with Crippen molar-refractivity contribution in [2.24, 2.45) is 0 Å². The largest absolute Gasteiger partial charge is 0.494 e. The van der Waals surface area contributed by atoms with E-state index in [2.05, 4.69) is 54.8 Å². The molecular formula is C38H47NO4. The van der Waals surface area contributed by atoms with Gasteiger partial charge in [0, 0.05) is 24.4 Å². The summed E-state index contributed by atoms with van der Waals surface area (Å²) in [6.07, 6.45) is 8.35. The van der Waals surface area contributed by atoms with Gasteiger partial charge in [0.1, 0.15) is 11.5 Å². The average molecular weight is 582 g/mol. The molecule has 4 aromatic rings. The van der Waals surface area contributed by atoms with Crippen LogP contribution in [0.3, 0.4) is 0 Å². The summed E-state index contributed by atoms with van der Waals surface area (Å²) in [6, 6.07) is 30.7. The van der Waals surface area contributed by atoms with Crippen LogP contribution < -0.4 is 9.47 Å². The number of ether oxygens (including phenoxy) is 3. The minimum absolute atomic E-state index is 0.319. The first-order valence-corrected chi connectivity index (χ1v) is 15.9. The molecule has 43 heavy (non-hydrogen) atoms. The van der Waals surface area contributed by atoms with E-state index in [4.69, 9.17) is 14.2 Å². The highest BCUT2D eigenvalue weighted by Crippen LogP contribution is 2.26. The Kier molecular flexibility index (Phi) is 12.8. The van der Waals surface area contributed by atoms with Gasteiger partial charge < -0.3 is 18.8 Å². The molecule has 0 aliphatic rings. The molecule has 0 unspecified atom stereocenters. The number of unbranched alkanes of at least 4 members (excludes halogenated alkanes) is 4. The lowest BCUT2D eigenvalue weighted by molar-refractivity contribution is -0.151. The van der Waals surface area contributed by atoms with Gasteiger partial charge in [-0.2, -0.15) is 0 Å². The van der Waals surface area contributed by atoms with Crippen molar-refractivity contribution in [1.82, 2.24) is 4.57 Å². The van der Waals surface area contributed by atoms with Crippen LogP contribution in [0.25, 0.3) is 11.3 Å². The molecule has 1 heterocycles. The van der Waals surface area contributed by atoms with Crippen LogP contribution in [-0.4, -0.2) is 29.9 Å². The Bertz CT molecular complexity index is 1360. The predicted molar refractivity (Wildman–Crippen MR) is 175 cm³/mol. The zero-order valence-electron chi connectivity index (χ0n) is 26.1. The minimum atomic E-state index is -0.703. The van der Waals surface area contributed by atoms with Crippen molar-refractivity contribution in [3.8, 4) is 22.8 Å². The molecule has 228 valence electrons. The number of aromatic nitrogens is 1. The highest BCUT2D eigenvalue weighted by Gasteiger charge is 2.22. The third-order valence-electron chi connectivity index (χ3n) is 7.73. The number of nitrogens with zero attached hydrogens (tertiary/aromatic N) is 1. The fourth-order valence-electron chi connectivity index (χ4n) is 5.32. The Labute approximate surface area is 257 Å². The van der Waals surface area contributed by atoms with Gasteiger partial charge in [-0.3, -0.25) is 0 Å². The molecule has 5 heteroatoms. The molecule has 0 spiro atoms. The Balaban J connectivity index is 1.29. The molecule has 0 aliphatic carbocycles. The number of hydrogen-bond acceptors (Lipinski definition) is 4. The third-order valence-corrected chi connectivity index (χ3v) is 7.73. The van der Waals surface area contributed by atoms with Crippen molar-refractivity contribution >= 4 is 5.97 Å². The Morgan fingerprint density at radius 2 is 1.47 bits per heavy atom. The summed E-state index contributed by atoms with van der Waals surface area (Å²) >= 11 is 0. The van der Waals surface area contributed by atoms with Crippen LogP contribution in [0.4, 0.5) is 0 Å². The van der Waals surface area contributed by atoms with Crippen LogP contribution in [0.1, 0.15) is 69.2 Å². The van der Waals surface area contributed by atoms with E-state index in [-0.39, 0.29) is 5.97 Å². The van der Waals surface area contributed by atoms with Crippen LogP contribution in [0.15, 0.2) is 91.0 Å². The molecule has 0 fully saturated rings. The Hall–Kier alpha value is -3.99. The van der Waals surface area contributed by atoms with Crippen LogP contribution in [0, 0.1) is 6.92 Å². The maximum atomic E-state index is 12.6. The van der Waals surface area contributed by atoms with Crippen LogP contribution >= 0.6 is 0 Å². The highest BCUT2D eigenvalue weighted by molar-refractivity contribution is 5.75. The van der Waals surface area contributed by atoms with E-state index < -0.39 is 6.10 Å². The van der Waals surface area contributed by atoms with Gasteiger partial charge in [-0.25, -0.2) is 4.79 Å². The van der Waals surface area contributed by atoms with Gasteiger partial charge in [-0.05, 0) is 98.3 Å². The average Bonchev–Trinajstić information content (AvgIpc) is 3.40. The summed E-state index contributed by atoms with van der Waals surface area (Å²) in [6.45, 7) is 8.05. The second kappa shape index (κ2) is 17.2. The first-order chi connectivity index (χ1) is 21.1. The van der Waals surface area contributed by atoms with Crippen molar-refractivity contribution in [2.75, 3.05) is 13.2 Å². The SMILES string of the molecule is CCCCCCCc1ccc(OCCCn2c(C)ccc2-c2ccc(O[C@H](Cc3ccccc3)C(=O)OCC)cc2)cc1. The van der Waals surface area contributed by atoms with E-state index >= 15 is 0 Å². The highest BCUT2D eigenvalue weighted by atomic mass is 16.6. The number of carbonyl (C=O) groups is 1. The molecule has 0 amide bonds. The molecule has 0 N–H and O–H groups in total. The monoisotopic (exact) mass is 581 g/mol. The Morgan fingerprint density at radius 1 is 0.744 bits per heavy atom. The number of hydrogen-bond donors (Lipinski definition) is 0. The zero-order chi connectivity index (χ0) is 30.3. The number of carbonyl (C=O) groups excluding carboxylic acids is 1. The lowest BCUT2D eigenvalue weighted by Crippen LogP contribution is -2.31.